The van der Waals surface area contributed by atoms with Crippen LogP contribution in [0.1, 0.15) is 54.9 Å². The van der Waals surface area contributed by atoms with Crippen molar-refractivity contribution < 1.29 is 4.74 Å². The van der Waals surface area contributed by atoms with E-state index in [1.54, 1.807) is 7.11 Å². The number of guanidine groups is 1. The molecule has 0 saturated heterocycles. The first-order valence-electron chi connectivity index (χ1n) is 10.1. The van der Waals surface area contributed by atoms with E-state index in [4.69, 9.17) is 9.73 Å². The Hall–Kier alpha value is -1.84. The molecule has 1 fully saturated rings. The third-order valence-corrected chi connectivity index (χ3v) is 5.31. The second kappa shape index (κ2) is 11.4. The summed E-state index contributed by atoms with van der Waals surface area (Å²) in [5, 5.41) is 15.4. The number of rotatable bonds is 6. The van der Waals surface area contributed by atoms with Crippen molar-refractivity contribution in [2.45, 2.75) is 65.1 Å². The van der Waals surface area contributed by atoms with Crippen LogP contribution in [-0.4, -0.2) is 33.9 Å². The summed E-state index contributed by atoms with van der Waals surface area (Å²) in [5.74, 6) is 3.50. The van der Waals surface area contributed by atoms with Crippen LogP contribution in [0, 0.1) is 13.8 Å². The van der Waals surface area contributed by atoms with Gasteiger partial charge in [-0.05, 0) is 49.9 Å². The third kappa shape index (κ3) is 6.87. The molecule has 2 N–H and O–H groups in total. The molecule has 1 saturated carbocycles. The predicted molar refractivity (Wildman–Crippen MR) is 127 cm³/mol. The highest BCUT2D eigenvalue weighted by Crippen LogP contribution is 2.18. The van der Waals surface area contributed by atoms with E-state index >= 15 is 0 Å². The Morgan fingerprint density at radius 1 is 1.17 bits per heavy atom. The maximum absolute atomic E-state index is 5.39. The fraction of sp³-hybridized carbons (Fsp3) is 0.571. The Morgan fingerprint density at radius 2 is 1.93 bits per heavy atom. The van der Waals surface area contributed by atoms with E-state index < -0.39 is 0 Å². The van der Waals surface area contributed by atoms with Crippen molar-refractivity contribution in [3.05, 3.63) is 41.0 Å². The quantitative estimate of drug-likeness (QED) is 0.351. The summed E-state index contributed by atoms with van der Waals surface area (Å²) in [6.07, 6.45) is 6.29. The van der Waals surface area contributed by atoms with Crippen LogP contribution in [0.5, 0.6) is 5.75 Å². The zero-order valence-corrected chi connectivity index (χ0v) is 20.2. The molecule has 0 amide bonds. The molecule has 160 valence electrons. The summed E-state index contributed by atoms with van der Waals surface area (Å²) in [6, 6.07) is 6.70. The summed E-state index contributed by atoms with van der Waals surface area (Å²) in [5.41, 5.74) is 2.31. The smallest absolute Gasteiger partial charge is 0.192 e. The van der Waals surface area contributed by atoms with Crippen molar-refractivity contribution in [3.8, 4) is 5.75 Å². The number of halogens is 1. The average molecular weight is 512 g/mol. The molecule has 0 aliphatic heterocycles. The topological polar surface area (TPSA) is 76.4 Å². The van der Waals surface area contributed by atoms with Gasteiger partial charge in [0, 0.05) is 13.1 Å². The van der Waals surface area contributed by atoms with Crippen LogP contribution in [0.25, 0.3) is 0 Å². The van der Waals surface area contributed by atoms with Gasteiger partial charge in [-0.3, -0.25) is 0 Å². The van der Waals surface area contributed by atoms with Crippen molar-refractivity contribution in [3.63, 3.8) is 0 Å². The van der Waals surface area contributed by atoms with Crippen molar-refractivity contribution >= 4 is 29.9 Å². The lowest BCUT2D eigenvalue weighted by atomic mass is 9.96. The molecule has 0 unspecified atom stereocenters. The fourth-order valence-electron chi connectivity index (χ4n) is 3.56. The van der Waals surface area contributed by atoms with Crippen LogP contribution in [0.3, 0.4) is 0 Å². The van der Waals surface area contributed by atoms with Gasteiger partial charge in [-0.2, -0.15) is 0 Å². The lowest BCUT2D eigenvalue weighted by Gasteiger charge is -2.25. The first-order chi connectivity index (χ1) is 13.5. The zero-order valence-electron chi connectivity index (χ0n) is 17.9. The van der Waals surface area contributed by atoms with Gasteiger partial charge in [0.2, 0.25) is 0 Å². The molecule has 8 heteroatoms. The SMILES string of the molecule is COc1cc(C)cc(CN=C(NCc2nnc(C)n2C)NC2CCCCC2)c1.I. The maximum atomic E-state index is 5.39. The number of hydrogen-bond donors (Lipinski definition) is 2. The molecule has 1 aliphatic carbocycles. The summed E-state index contributed by atoms with van der Waals surface area (Å²) in [6.45, 7) is 5.22. The predicted octanol–water partition coefficient (Wildman–Crippen LogP) is 3.63. The number of nitrogens with zero attached hydrogens (tertiary/aromatic N) is 4. The molecule has 0 bridgehead atoms. The van der Waals surface area contributed by atoms with E-state index in [0.29, 0.717) is 19.1 Å². The Kier molecular flexibility index (Phi) is 9.19. The van der Waals surface area contributed by atoms with Gasteiger partial charge >= 0.3 is 0 Å². The minimum absolute atomic E-state index is 0. The van der Waals surface area contributed by atoms with Crippen LogP contribution in [-0.2, 0) is 20.1 Å². The molecular formula is C21H33IN6O. The average Bonchev–Trinajstić information content (AvgIpc) is 3.02. The molecule has 29 heavy (non-hydrogen) atoms. The van der Waals surface area contributed by atoms with E-state index in [9.17, 15) is 0 Å². The number of aryl methyl sites for hydroxylation is 2. The number of hydrogen-bond acceptors (Lipinski definition) is 4. The molecule has 0 radical (unpaired) electrons. The minimum atomic E-state index is 0. The van der Waals surface area contributed by atoms with Gasteiger partial charge in [-0.1, -0.05) is 25.3 Å². The number of benzene rings is 1. The fourth-order valence-corrected chi connectivity index (χ4v) is 3.56. The molecule has 0 spiro atoms. The van der Waals surface area contributed by atoms with E-state index in [0.717, 1.165) is 28.9 Å². The Labute approximate surface area is 190 Å². The van der Waals surface area contributed by atoms with Crippen molar-refractivity contribution in [2.75, 3.05) is 7.11 Å². The Balaban J connectivity index is 0.00000300. The van der Waals surface area contributed by atoms with Crippen molar-refractivity contribution in [1.29, 1.82) is 0 Å². The molecule has 3 rings (SSSR count). The van der Waals surface area contributed by atoms with Gasteiger partial charge in [-0.25, -0.2) is 4.99 Å². The number of ether oxygens (including phenoxy) is 1. The molecule has 1 aromatic carbocycles. The van der Waals surface area contributed by atoms with Crippen LogP contribution >= 0.6 is 24.0 Å². The number of methoxy groups -OCH3 is 1. The van der Waals surface area contributed by atoms with E-state index in [1.807, 2.05) is 30.7 Å². The molecule has 2 aromatic rings. The highest BCUT2D eigenvalue weighted by molar-refractivity contribution is 14.0. The van der Waals surface area contributed by atoms with Crippen molar-refractivity contribution in [1.82, 2.24) is 25.4 Å². The summed E-state index contributed by atoms with van der Waals surface area (Å²) in [7, 11) is 3.68. The van der Waals surface area contributed by atoms with Gasteiger partial charge in [0.1, 0.15) is 11.6 Å². The van der Waals surface area contributed by atoms with Gasteiger partial charge in [0.15, 0.2) is 11.8 Å². The minimum Gasteiger partial charge on any atom is -0.497 e. The first kappa shape index (κ1) is 23.4. The third-order valence-electron chi connectivity index (χ3n) is 5.31. The van der Waals surface area contributed by atoms with Gasteiger partial charge in [0.25, 0.3) is 0 Å². The largest absolute Gasteiger partial charge is 0.497 e. The molecule has 0 atom stereocenters. The molecule has 1 aromatic heterocycles. The van der Waals surface area contributed by atoms with Crippen LogP contribution in [0.2, 0.25) is 0 Å². The lowest BCUT2D eigenvalue weighted by molar-refractivity contribution is 0.409. The zero-order chi connectivity index (χ0) is 19.9. The summed E-state index contributed by atoms with van der Waals surface area (Å²) in [4.78, 5) is 4.84. The van der Waals surface area contributed by atoms with E-state index in [2.05, 4.69) is 33.8 Å². The van der Waals surface area contributed by atoms with Gasteiger partial charge in [0.05, 0.1) is 20.2 Å². The summed E-state index contributed by atoms with van der Waals surface area (Å²) >= 11 is 0. The van der Waals surface area contributed by atoms with Crippen LogP contribution < -0.4 is 15.4 Å². The number of aromatic nitrogens is 3. The van der Waals surface area contributed by atoms with Gasteiger partial charge in [-0.15, -0.1) is 34.2 Å². The second-order valence-corrected chi connectivity index (χ2v) is 7.58. The molecular weight excluding hydrogens is 479 g/mol. The Bertz CT molecular complexity index is 813. The molecule has 7 nitrogen and oxygen atoms in total. The van der Waals surface area contributed by atoms with E-state index in [1.165, 1.54) is 37.7 Å². The van der Waals surface area contributed by atoms with Crippen molar-refractivity contribution in [2.24, 2.45) is 12.0 Å². The first-order valence-corrected chi connectivity index (χ1v) is 10.1. The molecule has 1 aliphatic rings. The standard InChI is InChI=1S/C21H32N6O.HI/c1-15-10-17(12-19(11-15)28-4)13-22-21(24-18-8-6-5-7-9-18)23-14-20-26-25-16(2)27(20)3;/h10-12,18H,5-9,13-14H2,1-4H3,(H2,22,23,24);1H. The lowest BCUT2D eigenvalue weighted by Crippen LogP contribution is -2.44. The highest BCUT2D eigenvalue weighted by Gasteiger charge is 2.15. The summed E-state index contributed by atoms with van der Waals surface area (Å²) < 4.78 is 7.38. The van der Waals surface area contributed by atoms with E-state index in [-0.39, 0.29) is 24.0 Å². The maximum Gasteiger partial charge on any atom is 0.192 e. The Morgan fingerprint density at radius 3 is 2.59 bits per heavy atom. The monoisotopic (exact) mass is 512 g/mol. The number of nitrogens with one attached hydrogen (secondary N) is 2. The van der Waals surface area contributed by atoms with Gasteiger partial charge < -0.3 is 19.9 Å². The van der Waals surface area contributed by atoms with Crippen LogP contribution in [0.15, 0.2) is 23.2 Å². The second-order valence-electron chi connectivity index (χ2n) is 7.58. The normalized spacial score (nSPS) is 15.0. The van der Waals surface area contributed by atoms with Crippen LogP contribution in [0.4, 0.5) is 0 Å². The highest BCUT2D eigenvalue weighted by atomic mass is 127. The number of aliphatic imine (C=N–C) groups is 1. The molecule has 1 heterocycles.